The summed E-state index contributed by atoms with van der Waals surface area (Å²) in [6, 6.07) is -3.76. The van der Waals surface area contributed by atoms with Crippen LogP contribution in [0.3, 0.4) is 0 Å². The summed E-state index contributed by atoms with van der Waals surface area (Å²) in [5.74, 6) is -6.36. The minimum atomic E-state index is -1.45. The first-order valence-corrected chi connectivity index (χ1v) is 8.71. The van der Waals surface area contributed by atoms with Crippen LogP contribution in [0.1, 0.15) is 33.1 Å². The second kappa shape index (κ2) is 12.3. The van der Waals surface area contributed by atoms with Crippen molar-refractivity contribution in [3.8, 4) is 0 Å². The summed E-state index contributed by atoms with van der Waals surface area (Å²) in [5, 5.41) is 23.9. The largest absolute Gasteiger partial charge is 0.481 e. The third kappa shape index (κ3) is 10.6. The van der Waals surface area contributed by atoms with E-state index in [-0.39, 0.29) is 12.8 Å². The van der Waals surface area contributed by atoms with Gasteiger partial charge in [0.2, 0.25) is 23.6 Å². The third-order valence-electron chi connectivity index (χ3n) is 3.71. The van der Waals surface area contributed by atoms with Gasteiger partial charge in [0.15, 0.2) is 0 Å². The molecule has 0 saturated carbocycles. The summed E-state index contributed by atoms with van der Waals surface area (Å²) in [5.41, 5.74) is 10.7. The summed E-state index contributed by atoms with van der Waals surface area (Å²) in [6.45, 7) is 2.47. The number of nitrogens with one attached hydrogen (secondary N) is 3. The van der Waals surface area contributed by atoms with Crippen molar-refractivity contribution >= 4 is 35.6 Å². The average Bonchev–Trinajstić information content (AvgIpc) is 2.60. The zero-order valence-corrected chi connectivity index (χ0v) is 16.1. The predicted octanol–water partition coefficient (Wildman–Crippen LogP) is -3.12. The molecule has 0 aromatic heterocycles. The molecule has 0 fully saturated rings. The van der Waals surface area contributed by atoms with Crippen LogP contribution in [-0.4, -0.2) is 70.5 Å². The van der Waals surface area contributed by atoms with Gasteiger partial charge >= 0.3 is 11.9 Å². The number of carbonyl (C=O) groups excluding carboxylic acids is 4. The quantitative estimate of drug-likeness (QED) is 0.160. The van der Waals surface area contributed by atoms with Crippen molar-refractivity contribution in [2.75, 3.05) is 6.54 Å². The molecule has 0 aromatic rings. The number of carbonyl (C=O) groups is 6. The molecule has 0 saturated heterocycles. The van der Waals surface area contributed by atoms with E-state index in [1.54, 1.807) is 13.8 Å². The molecular formula is C16H27N5O8. The van der Waals surface area contributed by atoms with Crippen LogP contribution in [0.25, 0.3) is 0 Å². The number of rotatable bonds is 13. The molecule has 3 atom stereocenters. The van der Waals surface area contributed by atoms with Crippen LogP contribution < -0.4 is 27.4 Å². The normalized spacial score (nSPS) is 13.7. The fourth-order valence-electron chi connectivity index (χ4n) is 2.16. The van der Waals surface area contributed by atoms with E-state index >= 15 is 0 Å². The van der Waals surface area contributed by atoms with Crippen molar-refractivity contribution in [1.82, 2.24) is 16.0 Å². The van der Waals surface area contributed by atoms with Crippen molar-refractivity contribution in [3.05, 3.63) is 0 Å². The Kier molecular flexibility index (Phi) is 10.9. The first-order chi connectivity index (χ1) is 13.3. The number of primary amides is 1. The molecule has 0 heterocycles. The molecule has 4 amide bonds. The Morgan fingerprint density at radius 3 is 1.93 bits per heavy atom. The summed E-state index contributed by atoms with van der Waals surface area (Å²) in [7, 11) is 0. The Morgan fingerprint density at radius 2 is 1.48 bits per heavy atom. The summed E-state index contributed by atoms with van der Waals surface area (Å²) in [6.07, 6.45) is -1.07. The van der Waals surface area contributed by atoms with Crippen molar-refractivity contribution in [3.63, 3.8) is 0 Å². The van der Waals surface area contributed by atoms with Crippen molar-refractivity contribution < 1.29 is 39.0 Å². The van der Waals surface area contributed by atoms with Crippen LogP contribution in [0, 0.1) is 5.92 Å². The van der Waals surface area contributed by atoms with Gasteiger partial charge < -0.3 is 37.6 Å². The maximum atomic E-state index is 12.5. The van der Waals surface area contributed by atoms with Gasteiger partial charge in [0.05, 0.1) is 12.5 Å². The molecule has 13 heteroatoms. The number of nitrogens with two attached hydrogens (primary N) is 2. The topological polar surface area (TPSA) is 231 Å². The number of amides is 4. The van der Waals surface area contributed by atoms with E-state index in [9.17, 15) is 28.8 Å². The van der Waals surface area contributed by atoms with Crippen molar-refractivity contribution in [2.45, 2.75) is 51.2 Å². The highest BCUT2D eigenvalue weighted by Gasteiger charge is 2.31. The van der Waals surface area contributed by atoms with Gasteiger partial charge in [0.1, 0.15) is 18.6 Å². The Labute approximate surface area is 166 Å². The van der Waals surface area contributed by atoms with Crippen LogP contribution in [0.2, 0.25) is 0 Å². The summed E-state index contributed by atoms with van der Waals surface area (Å²) < 4.78 is 0. The van der Waals surface area contributed by atoms with E-state index in [1.165, 1.54) is 0 Å². The van der Waals surface area contributed by atoms with E-state index in [2.05, 4.69) is 10.6 Å². The SMILES string of the molecule is CC(C)C(NC(=O)C(N)CCC(=O)O)C(=O)NC(CC(N)=O)C(=O)NCC(=O)O. The monoisotopic (exact) mass is 417 g/mol. The molecule has 3 unspecified atom stereocenters. The molecule has 0 radical (unpaired) electrons. The minimum Gasteiger partial charge on any atom is -0.481 e. The van der Waals surface area contributed by atoms with E-state index in [1.807, 2.05) is 5.32 Å². The number of hydrogen-bond acceptors (Lipinski definition) is 7. The maximum absolute atomic E-state index is 12.5. The lowest BCUT2D eigenvalue weighted by molar-refractivity contribution is -0.139. The zero-order valence-electron chi connectivity index (χ0n) is 16.1. The fraction of sp³-hybridized carbons (Fsp3) is 0.625. The Bertz CT molecular complexity index is 651. The lowest BCUT2D eigenvalue weighted by Gasteiger charge is -2.25. The molecule has 9 N–H and O–H groups in total. The van der Waals surface area contributed by atoms with Crippen LogP contribution >= 0.6 is 0 Å². The van der Waals surface area contributed by atoms with Gasteiger partial charge in [0.25, 0.3) is 0 Å². The van der Waals surface area contributed by atoms with Gasteiger partial charge in [-0.15, -0.1) is 0 Å². The molecule has 0 aliphatic heterocycles. The number of carboxylic acid groups (broad SMARTS) is 2. The highest BCUT2D eigenvalue weighted by atomic mass is 16.4. The summed E-state index contributed by atoms with van der Waals surface area (Å²) in [4.78, 5) is 69.0. The maximum Gasteiger partial charge on any atom is 0.322 e. The van der Waals surface area contributed by atoms with E-state index in [4.69, 9.17) is 21.7 Å². The van der Waals surface area contributed by atoms with Crippen LogP contribution in [0.4, 0.5) is 0 Å². The van der Waals surface area contributed by atoms with Gasteiger partial charge in [-0.05, 0) is 12.3 Å². The lowest BCUT2D eigenvalue weighted by atomic mass is 10.0. The highest BCUT2D eigenvalue weighted by Crippen LogP contribution is 2.05. The van der Waals surface area contributed by atoms with E-state index in [0.29, 0.717) is 0 Å². The van der Waals surface area contributed by atoms with Gasteiger partial charge in [0, 0.05) is 6.42 Å². The Balaban J connectivity index is 5.15. The van der Waals surface area contributed by atoms with Crippen molar-refractivity contribution in [2.24, 2.45) is 17.4 Å². The molecule has 13 nitrogen and oxygen atoms in total. The smallest absolute Gasteiger partial charge is 0.322 e. The van der Waals surface area contributed by atoms with Crippen molar-refractivity contribution in [1.29, 1.82) is 0 Å². The molecule has 0 rings (SSSR count). The molecular weight excluding hydrogens is 390 g/mol. The first-order valence-electron chi connectivity index (χ1n) is 8.71. The standard InChI is InChI=1S/C16H27N5O8/c1-7(2)13(21-14(27)8(17)3-4-11(23)24)16(29)20-9(5-10(18)22)15(28)19-6-12(25)26/h7-9,13H,3-6,17H2,1-2H3,(H2,18,22)(H,19,28)(H,20,29)(H,21,27)(H,23,24)(H,25,26). The zero-order chi connectivity index (χ0) is 22.7. The molecule has 0 aromatic carbocycles. The van der Waals surface area contributed by atoms with Crippen LogP contribution in [-0.2, 0) is 28.8 Å². The van der Waals surface area contributed by atoms with Gasteiger partial charge in [-0.3, -0.25) is 28.8 Å². The summed E-state index contributed by atoms with van der Waals surface area (Å²) >= 11 is 0. The highest BCUT2D eigenvalue weighted by molar-refractivity contribution is 5.95. The lowest BCUT2D eigenvalue weighted by Crippen LogP contribution is -2.58. The van der Waals surface area contributed by atoms with Gasteiger partial charge in [-0.25, -0.2) is 0 Å². The van der Waals surface area contributed by atoms with Crippen LogP contribution in [0.5, 0.6) is 0 Å². The molecule has 164 valence electrons. The Hall–Kier alpha value is -3.22. The van der Waals surface area contributed by atoms with Crippen LogP contribution in [0.15, 0.2) is 0 Å². The first kappa shape index (κ1) is 25.8. The average molecular weight is 417 g/mol. The number of carboxylic acids is 2. The molecule has 0 spiro atoms. The second-order valence-electron chi connectivity index (χ2n) is 6.61. The third-order valence-corrected chi connectivity index (χ3v) is 3.71. The Morgan fingerprint density at radius 1 is 0.897 bits per heavy atom. The molecule has 0 aliphatic carbocycles. The predicted molar refractivity (Wildman–Crippen MR) is 98.0 cm³/mol. The fourth-order valence-corrected chi connectivity index (χ4v) is 2.16. The van der Waals surface area contributed by atoms with E-state index in [0.717, 1.165) is 0 Å². The number of aliphatic carboxylic acids is 2. The van der Waals surface area contributed by atoms with Gasteiger partial charge in [-0.1, -0.05) is 13.8 Å². The molecule has 0 bridgehead atoms. The second-order valence-corrected chi connectivity index (χ2v) is 6.61. The van der Waals surface area contributed by atoms with E-state index < -0.39 is 72.6 Å². The minimum absolute atomic E-state index is 0.143. The molecule has 29 heavy (non-hydrogen) atoms. The number of hydrogen-bond donors (Lipinski definition) is 7. The molecule has 0 aliphatic rings. The van der Waals surface area contributed by atoms with Gasteiger partial charge in [-0.2, -0.15) is 0 Å².